The fraction of sp³-hybridized carbons (Fsp3) is 0.562. The molecule has 0 aliphatic carbocycles. The first-order chi connectivity index (χ1) is 10.2. The van der Waals surface area contributed by atoms with Crippen LogP contribution in [-0.4, -0.2) is 30.4 Å². The van der Waals surface area contributed by atoms with Crippen molar-refractivity contribution in [2.24, 2.45) is 0 Å². The van der Waals surface area contributed by atoms with Crippen LogP contribution < -0.4 is 5.32 Å². The van der Waals surface area contributed by atoms with Crippen LogP contribution in [0.5, 0.6) is 0 Å². The van der Waals surface area contributed by atoms with Gasteiger partial charge in [-0.3, -0.25) is 4.79 Å². The number of benzene rings is 1. The van der Waals surface area contributed by atoms with Gasteiger partial charge in [0.2, 0.25) is 5.91 Å². The first-order valence-electron chi connectivity index (χ1n) is 7.22. The smallest absolute Gasteiger partial charge is 0.217 e. The first kappa shape index (κ1) is 17.4. The maximum Gasteiger partial charge on any atom is 0.217 e. The number of rotatable bonds is 4. The third-order valence-corrected chi connectivity index (χ3v) is 4.21. The molecule has 1 fully saturated rings. The molecule has 22 heavy (non-hydrogen) atoms. The van der Waals surface area contributed by atoms with E-state index in [-0.39, 0.29) is 11.7 Å². The van der Waals surface area contributed by atoms with Crippen LogP contribution in [0.3, 0.4) is 0 Å². The second kappa shape index (κ2) is 6.64. The number of ether oxygens (including phenoxy) is 2. The molecule has 4 nitrogen and oxygen atoms in total. The van der Waals surface area contributed by atoms with Gasteiger partial charge in [0.15, 0.2) is 5.79 Å². The van der Waals surface area contributed by atoms with E-state index >= 15 is 0 Å². The first-order valence-corrected chi connectivity index (χ1v) is 8.01. The summed E-state index contributed by atoms with van der Waals surface area (Å²) < 4.78 is 26.0. The molecular weight excluding hydrogens is 353 g/mol. The Morgan fingerprint density at radius 3 is 2.55 bits per heavy atom. The highest BCUT2D eigenvalue weighted by Gasteiger charge is 2.40. The molecule has 1 saturated heterocycles. The van der Waals surface area contributed by atoms with Gasteiger partial charge >= 0.3 is 0 Å². The van der Waals surface area contributed by atoms with E-state index < -0.39 is 11.3 Å². The molecule has 2 rings (SSSR count). The van der Waals surface area contributed by atoms with Crippen LogP contribution >= 0.6 is 15.9 Å². The summed E-state index contributed by atoms with van der Waals surface area (Å²) in [7, 11) is 0. The zero-order valence-corrected chi connectivity index (χ0v) is 14.6. The number of carbonyl (C=O) groups is 1. The van der Waals surface area contributed by atoms with Crippen molar-refractivity contribution in [2.75, 3.05) is 13.2 Å². The SMILES string of the molecule is CC(=O)NC1(CCc2ccc(Br)cc2F)COC(C)(C)OC1. The lowest BCUT2D eigenvalue weighted by Crippen LogP contribution is -2.60. The molecule has 0 bridgehead atoms. The van der Waals surface area contributed by atoms with E-state index in [1.807, 2.05) is 13.8 Å². The molecule has 0 radical (unpaired) electrons. The predicted molar refractivity (Wildman–Crippen MR) is 85.0 cm³/mol. The van der Waals surface area contributed by atoms with Crippen molar-refractivity contribution in [3.05, 3.63) is 34.1 Å². The monoisotopic (exact) mass is 373 g/mol. The van der Waals surface area contributed by atoms with E-state index in [1.165, 1.54) is 13.0 Å². The number of carbonyl (C=O) groups excluding carboxylic acids is 1. The Kier molecular flexibility index (Phi) is 5.25. The minimum Gasteiger partial charge on any atom is -0.348 e. The molecule has 1 aromatic carbocycles. The van der Waals surface area contributed by atoms with Crippen LogP contribution in [0.2, 0.25) is 0 Å². The third kappa shape index (κ3) is 4.51. The number of hydrogen-bond donors (Lipinski definition) is 1. The molecular formula is C16H21BrFNO3. The Balaban J connectivity index is 2.09. The lowest BCUT2D eigenvalue weighted by molar-refractivity contribution is -0.271. The Labute approximate surface area is 138 Å². The van der Waals surface area contributed by atoms with Gasteiger partial charge in [-0.25, -0.2) is 4.39 Å². The van der Waals surface area contributed by atoms with Crippen LogP contribution in [0.25, 0.3) is 0 Å². The van der Waals surface area contributed by atoms with E-state index in [4.69, 9.17) is 9.47 Å². The van der Waals surface area contributed by atoms with Gasteiger partial charge in [-0.1, -0.05) is 22.0 Å². The number of hydrogen-bond acceptors (Lipinski definition) is 3. The Hall–Kier alpha value is -0.980. The van der Waals surface area contributed by atoms with Gasteiger partial charge in [0.05, 0.1) is 18.8 Å². The van der Waals surface area contributed by atoms with Gasteiger partial charge in [-0.15, -0.1) is 0 Å². The van der Waals surface area contributed by atoms with Crippen LogP contribution in [-0.2, 0) is 20.7 Å². The van der Waals surface area contributed by atoms with Crippen molar-refractivity contribution in [1.29, 1.82) is 0 Å². The molecule has 0 unspecified atom stereocenters. The van der Waals surface area contributed by atoms with E-state index in [0.717, 1.165) is 0 Å². The van der Waals surface area contributed by atoms with Crippen molar-refractivity contribution in [3.8, 4) is 0 Å². The van der Waals surface area contributed by atoms with Crippen LogP contribution in [0.1, 0.15) is 32.8 Å². The summed E-state index contributed by atoms with van der Waals surface area (Å²) >= 11 is 3.24. The summed E-state index contributed by atoms with van der Waals surface area (Å²) in [6, 6.07) is 4.99. The van der Waals surface area contributed by atoms with E-state index in [0.29, 0.717) is 36.1 Å². The summed E-state index contributed by atoms with van der Waals surface area (Å²) in [5, 5.41) is 2.91. The molecule has 1 aromatic rings. The van der Waals surface area contributed by atoms with Crippen molar-refractivity contribution in [1.82, 2.24) is 5.32 Å². The minimum absolute atomic E-state index is 0.150. The molecule has 6 heteroatoms. The van der Waals surface area contributed by atoms with Crippen molar-refractivity contribution < 1.29 is 18.7 Å². The summed E-state index contributed by atoms with van der Waals surface area (Å²) in [6.07, 6.45) is 1.04. The lowest BCUT2D eigenvalue weighted by Gasteiger charge is -2.43. The van der Waals surface area contributed by atoms with Crippen LogP contribution in [0.15, 0.2) is 22.7 Å². The number of nitrogens with one attached hydrogen (secondary N) is 1. The largest absolute Gasteiger partial charge is 0.348 e. The Morgan fingerprint density at radius 1 is 1.36 bits per heavy atom. The van der Waals surface area contributed by atoms with Gasteiger partial charge in [0, 0.05) is 11.4 Å². The minimum atomic E-state index is -0.662. The molecule has 0 saturated carbocycles. The average Bonchev–Trinajstić information content (AvgIpc) is 2.41. The van der Waals surface area contributed by atoms with E-state index in [9.17, 15) is 9.18 Å². The van der Waals surface area contributed by atoms with Crippen molar-refractivity contribution in [3.63, 3.8) is 0 Å². The highest BCUT2D eigenvalue weighted by atomic mass is 79.9. The summed E-state index contributed by atoms with van der Waals surface area (Å²) in [4.78, 5) is 11.5. The predicted octanol–water partition coefficient (Wildman–Crippen LogP) is 3.18. The molecule has 1 aliphatic rings. The second-order valence-electron chi connectivity index (χ2n) is 6.17. The average molecular weight is 374 g/mol. The van der Waals surface area contributed by atoms with Crippen LogP contribution in [0, 0.1) is 5.82 Å². The number of halogens is 2. The molecule has 122 valence electrons. The summed E-state index contributed by atoms with van der Waals surface area (Å²) in [6.45, 7) is 5.81. The Morgan fingerprint density at radius 2 is 2.00 bits per heavy atom. The molecule has 1 aliphatic heterocycles. The Bertz CT molecular complexity index is 552. The highest BCUT2D eigenvalue weighted by Crippen LogP contribution is 2.28. The number of aryl methyl sites for hydroxylation is 1. The molecule has 1 heterocycles. The van der Waals surface area contributed by atoms with Crippen LogP contribution in [0.4, 0.5) is 4.39 Å². The fourth-order valence-corrected chi connectivity index (χ4v) is 2.79. The molecule has 0 atom stereocenters. The normalized spacial score (nSPS) is 19.7. The number of amides is 1. The fourth-order valence-electron chi connectivity index (χ4n) is 2.46. The van der Waals surface area contributed by atoms with Gasteiger partial charge < -0.3 is 14.8 Å². The van der Waals surface area contributed by atoms with Gasteiger partial charge in [-0.2, -0.15) is 0 Å². The molecule has 0 aromatic heterocycles. The maximum atomic E-state index is 13.9. The van der Waals surface area contributed by atoms with E-state index in [1.54, 1.807) is 12.1 Å². The maximum absolute atomic E-state index is 13.9. The summed E-state index contributed by atoms with van der Waals surface area (Å²) in [5.41, 5.74) is -0.0151. The lowest BCUT2D eigenvalue weighted by atomic mass is 9.91. The molecule has 1 amide bonds. The standard InChI is InChI=1S/C16H21BrFNO3/c1-11(20)19-16(9-21-15(2,3)22-10-16)7-6-12-4-5-13(17)8-14(12)18/h4-5,8H,6-7,9-10H2,1-3H3,(H,19,20). The summed E-state index contributed by atoms with van der Waals surface area (Å²) in [5.74, 6) is -1.07. The topological polar surface area (TPSA) is 47.6 Å². The zero-order chi connectivity index (χ0) is 16.4. The van der Waals surface area contributed by atoms with E-state index in [2.05, 4.69) is 21.2 Å². The molecule has 1 N–H and O–H groups in total. The van der Waals surface area contributed by atoms with Crippen molar-refractivity contribution in [2.45, 2.75) is 44.9 Å². The third-order valence-electron chi connectivity index (χ3n) is 3.72. The zero-order valence-electron chi connectivity index (χ0n) is 13.0. The van der Waals surface area contributed by atoms with Gasteiger partial charge in [0.25, 0.3) is 0 Å². The quantitative estimate of drug-likeness (QED) is 0.881. The van der Waals surface area contributed by atoms with Gasteiger partial charge in [-0.05, 0) is 44.4 Å². The van der Waals surface area contributed by atoms with Crippen molar-refractivity contribution >= 4 is 21.8 Å². The highest BCUT2D eigenvalue weighted by molar-refractivity contribution is 9.10. The second-order valence-corrected chi connectivity index (χ2v) is 7.09. The molecule has 0 spiro atoms. The van der Waals surface area contributed by atoms with Gasteiger partial charge in [0.1, 0.15) is 5.82 Å².